The molecule has 6 nitrogen and oxygen atoms in total. The van der Waals surface area contributed by atoms with E-state index in [1.807, 2.05) is 13.8 Å². The van der Waals surface area contributed by atoms with Gasteiger partial charge in [0.15, 0.2) is 0 Å². The molecule has 0 unspecified atom stereocenters. The summed E-state index contributed by atoms with van der Waals surface area (Å²) in [4.78, 5) is 34.3. The Morgan fingerprint density at radius 2 is 1.74 bits per heavy atom. The minimum atomic E-state index is -0.639. The molecule has 2 aliphatic heterocycles. The Morgan fingerprint density at radius 3 is 2.38 bits per heavy atom. The lowest BCUT2D eigenvalue weighted by Gasteiger charge is -2.38. The summed E-state index contributed by atoms with van der Waals surface area (Å²) in [7, 11) is 0. The molecule has 1 saturated heterocycles. The van der Waals surface area contributed by atoms with Crippen molar-refractivity contribution in [3.63, 3.8) is 0 Å². The highest BCUT2D eigenvalue weighted by Gasteiger charge is 2.36. The Bertz CT molecular complexity index is 1250. The number of anilines is 1. The second-order valence-electron chi connectivity index (χ2n) is 12.2. The van der Waals surface area contributed by atoms with Crippen LogP contribution in [0.4, 0.5) is 10.1 Å². The lowest BCUT2D eigenvalue weighted by molar-refractivity contribution is -0.121. The van der Waals surface area contributed by atoms with E-state index < -0.39 is 17.3 Å². The molecular weight excluding hydrogens is 493 g/mol. The Hall–Kier alpha value is -2.90. The standard InChI is InChI=1S/C32H40FN3O3/c1-21(37)23-9-11-28(12-10-23)36-29-17-22(20-35-15-13-26(14-16-35)32(2,3)39)7-8-24(29)19-30(36)34-31(38)25-5-4-6-27(33)18-25/h4-8,17-18,23,26,28,39H,9-16,19-20H2,1-3H3. The molecular formula is C32H40FN3O3. The number of carbonyl (C=O) groups is 2. The third kappa shape index (κ3) is 6.30. The van der Waals surface area contributed by atoms with Gasteiger partial charge in [-0.25, -0.2) is 4.39 Å². The third-order valence-corrected chi connectivity index (χ3v) is 8.97. The molecule has 7 heteroatoms. The van der Waals surface area contributed by atoms with Crippen LogP contribution in [0.15, 0.2) is 47.5 Å². The molecule has 1 aliphatic carbocycles. The maximum Gasteiger partial charge on any atom is 0.278 e. The first-order valence-electron chi connectivity index (χ1n) is 14.3. The first kappa shape index (κ1) is 27.7. The van der Waals surface area contributed by atoms with Crippen molar-refractivity contribution in [1.82, 2.24) is 4.90 Å². The van der Waals surface area contributed by atoms with E-state index in [0.29, 0.717) is 18.2 Å². The number of piperidine rings is 1. The van der Waals surface area contributed by atoms with E-state index in [1.54, 1.807) is 13.0 Å². The largest absolute Gasteiger partial charge is 0.390 e. The van der Waals surface area contributed by atoms with E-state index in [9.17, 15) is 19.1 Å². The van der Waals surface area contributed by atoms with E-state index >= 15 is 0 Å². The lowest BCUT2D eigenvalue weighted by atomic mass is 9.83. The number of Topliss-reactive ketones (excluding diaryl/α,β-unsaturated/α-hetero) is 1. The fourth-order valence-electron chi connectivity index (χ4n) is 6.58. The highest BCUT2D eigenvalue weighted by Crippen LogP contribution is 2.38. The predicted octanol–water partition coefficient (Wildman–Crippen LogP) is 5.56. The zero-order valence-electron chi connectivity index (χ0n) is 23.3. The molecule has 2 heterocycles. The molecule has 0 aromatic heterocycles. The number of carbonyl (C=O) groups excluding carboxylic acids is 2. The molecule has 1 saturated carbocycles. The molecule has 3 aliphatic rings. The topological polar surface area (TPSA) is 73.2 Å². The number of benzene rings is 2. The van der Waals surface area contributed by atoms with Crippen molar-refractivity contribution in [2.24, 2.45) is 16.8 Å². The van der Waals surface area contributed by atoms with Gasteiger partial charge in [0, 0.05) is 36.2 Å². The monoisotopic (exact) mass is 533 g/mol. The Morgan fingerprint density at radius 1 is 1.03 bits per heavy atom. The van der Waals surface area contributed by atoms with Crippen molar-refractivity contribution in [3.8, 4) is 0 Å². The van der Waals surface area contributed by atoms with Crippen molar-refractivity contribution in [1.29, 1.82) is 0 Å². The molecule has 0 atom stereocenters. The van der Waals surface area contributed by atoms with Gasteiger partial charge in [-0.05, 0) is 114 Å². The zero-order valence-corrected chi connectivity index (χ0v) is 23.3. The summed E-state index contributed by atoms with van der Waals surface area (Å²) in [5, 5.41) is 10.4. The van der Waals surface area contributed by atoms with Gasteiger partial charge in [0.05, 0.1) is 5.60 Å². The summed E-state index contributed by atoms with van der Waals surface area (Å²) in [5.41, 5.74) is 3.06. The zero-order chi connectivity index (χ0) is 27.7. The van der Waals surface area contributed by atoms with Crippen LogP contribution in [0.2, 0.25) is 0 Å². The Kier molecular flexibility index (Phi) is 8.01. The fourth-order valence-corrected chi connectivity index (χ4v) is 6.58. The van der Waals surface area contributed by atoms with Crippen molar-refractivity contribution in [2.45, 2.75) is 83.9 Å². The van der Waals surface area contributed by atoms with Gasteiger partial charge in [0.1, 0.15) is 17.4 Å². The smallest absolute Gasteiger partial charge is 0.278 e. The second kappa shape index (κ2) is 11.3. The molecule has 2 aromatic carbocycles. The summed E-state index contributed by atoms with van der Waals surface area (Å²) in [6.45, 7) is 8.25. The number of aliphatic hydroxyl groups is 1. The average molecular weight is 534 g/mol. The van der Waals surface area contributed by atoms with Crippen LogP contribution in [-0.4, -0.2) is 52.3 Å². The molecule has 2 aromatic rings. The first-order chi connectivity index (χ1) is 18.6. The molecule has 0 spiro atoms. The van der Waals surface area contributed by atoms with E-state index in [1.165, 1.54) is 23.8 Å². The number of rotatable bonds is 6. The van der Waals surface area contributed by atoms with E-state index in [0.717, 1.165) is 69.4 Å². The van der Waals surface area contributed by atoms with Crippen LogP contribution < -0.4 is 4.90 Å². The summed E-state index contributed by atoms with van der Waals surface area (Å²) in [5.74, 6) is 0.496. The highest BCUT2D eigenvalue weighted by molar-refractivity contribution is 6.12. The van der Waals surface area contributed by atoms with Crippen LogP contribution in [0.3, 0.4) is 0 Å². The van der Waals surface area contributed by atoms with Crippen LogP contribution in [0, 0.1) is 17.7 Å². The fraction of sp³-hybridized carbons (Fsp3) is 0.531. The van der Waals surface area contributed by atoms with Crippen LogP contribution >= 0.6 is 0 Å². The van der Waals surface area contributed by atoms with Gasteiger partial charge in [-0.15, -0.1) is 0 Å². The molecule has 5 rings (SSSR count). The third-order valence-electron chi connectivity index (χ3n) is 8.97. The highest BCUT2D eigenvalue weighted by atomic mass is 19.1. The number of nitrogens with zero attached hydrogens (tertiary/aromatic N) is 3. The normalized spacial score (nSPS) is 23.7. The number of aliphatic imine (C=N–C) groups is 1. The average Bonchev–Trinajstić information content (AvgIpc) is 3.25. The summed E-state index contributed by atoms with van der Waals surface area (Å²) in [6, 6.07) is 12.4. The quantitative estimate of drug-likeness (QED) is 0.527. The number of likely N-dealkylation sites (tertiary alicyclic amines) is 1. The predicted molar refractivity (Wildman–Crippen MR) is 152 cm³/mol. The number of amides is 1. The molecule has 0 bridgehead atoms. The van der Waals surface area contributed by atoms with Gasteiger partial charge in [0.25, 0.3) is 5.91 Å². The van der Waals surface area contributed by atoms with Crippen molar-refractivity contribution >= 4 is 23.2 Å². The minimum absolute atomic E-state index is 0.107. The Labute approximate surface area is 230 Å². The molecule has 0 radical (unpaired) electrons. The van der Waals surface area contributed by atoms with Crippen LogP contribution in [0.5, 0.6) is 0 Å². The molecule has 39 heavy (non-hydrogen) atoms. The molecule has 2 fully saturated rings. The van der Waals surface area contributed by atoms with E-state index in [4.69, 9.17) is 0 Å². The number of ketones is 1. The molecule has 1 N–H and O–H groups in total. The molecule has 208 valence electrons. The van der Waals surface area contributed by atoms with Crippen molar-refractivity contribution < 1.29 is 19.1 Å². The van der Waals surface area contributed by atoms with E-state index in [2.05, 4.69) is 33.0 Å². The summed E-state index contributed by atoms with van der Waals surface area (Å²) >= 11 is 0. The molecule has 1 amide bonds. The summed E-state index contributed by atoms with van der Waals surface area (Å²) in [6.07, 6.45) is 5.94. The van der Waals surface area contributed by atoms with Gasteiger partial charge in [-0.2, -0.15) is 4.99 Å². The van der Waals surface area contributed by atoms with Crippen LogP contribution in [-0.2, 0) is 17.8 Å². The van der Waals surface area contributed by atoms with E-state index in [-0.39, 0.29) is 23.3 Å². The van der Waals surface area contributed by atoms with Crippen LogP contribution in [0.1, 0.15) is 80.8 Å². The number of hydrogen-bond donors (Lipinski definition) is 1. The number of halogens is 1. The van der Waals surface area contributed by atoms with Gasteiger partial charge in [-0.3, -0.25) is 14.5 Å². The van der Waals surface area contributed by atoms with Gasteiger partial charge >= 0.3 is 0 Å². The van der Waals surface area contributed by atoms with Crippen molar-refractivity contribution in [2.75, 3.05) is 18.0 Å². The summed E-state index contributed by atoms with van der Waals surface area (Å²) < 4.78 is 13.8. The number of fused-ring (bicyclic) bond motifs is 1. The van der Waals surface area contributed by atoms with Gasteiger partial charge < -0.3 is 10.0 Å². The lowest BCUT2D eigenvalue weighted by Crippen LogP contribution is -2.42. The maximum absolute atomic E-state index is 13.8. The van der Waals surface area contributed by atoms with Crippen molar-refractivity contribution in [3.05, 3.63) is 65.0 Å². The van der Waals surface area contributed by atoms with Gasteiger partial charge in [-0.1, -0.05) is 18.2 Å². The number of amidine groups is 1. The SMILES string of the molecule is CC(=O)C1CCC(N2C(=NC(=O)c3cccc(F)c3)Cc3ccc(CN4CCC(C(C)(C)O)CC4)cc32)CC1. The first-order valence-corrected chi connectivity index (χ1v) is 14.3. The van der Waals surface area contributed by atoms with Crippen LogP contribution in [0.25, 0.3) is 0 Å². The number of hydrogen-bond acceptors (Lipinski definition) is 4. The Balaban J connectivity index is 1.38. The minimum Gasteiger partial charge on any atom is -0.390 e. The maximum atomic E-state index is 13.8. The van der Waals surface area contributed by atoms with Gasteiger partial charge in [0.2, 0.25) is 0 Å². The second-order valence-corrected chi connectivity index (χ2v) is 12.2.